The molecule has 0 fully saturated rings. The first-order valence-corrected chi connectivity index (χ1v) is 4.30. The predicted molar refractivity (Wildman–Crippen MR) is 53.6 cm³/mol. The average Bonchev–Trinajstić information content (AvgIpc) is 2.47. The summed E-state index contributed by atoms with van der Waals surface area (Å²) >= 11 is 0. The van der Waals surface area contributed by atoms with Gasteiger partial charge in [-0.2, -0.15) is 0 Å². The molecule has 1 heterocycles. The molecule has 1 aromatic carbocycles. The minimum Gasteiger partial charge on any atom is -0.407 e. The maximum Gasteiger partial charge on any atom is 0.363 e. The third kappa shape index (κ3) is 1.71. The Morgan fingerprint density at radius 3 is 2.57 bits per heavy atom. The summed E-state index contributed by atoms with van der Waals surface area (Å²) in [5.41, 5.74) is 1.30. The first-order chi connectivity index (χ1) is 6.75. The van der Waals surface area contributed by atoms with Crippen molar-refractivity contribution < 1.29 is 9.53 Å². The molecule has 3 heteroatoms. The molecule has 0 aliphatic carbocycles. The summed E-state index contributed by atoms with van der Waals surface area (Å²) in [5, 5.41) is 0. The smallest absolute Gasteiger partial charge is 0.363 e. The molecule has 14 heavy (non-hydrogen) atoms. The lowest BCUT2D eigenvalue weighted by molar-refractivity contribution is -0.130. The zero-order valence-corrected chi connectivity index (χ0v) is 7.73. The van der Waals surface area contributed by atoms with Gasteiger partial charge in [0.2, 0.25) is 0 Å². The maximum absolute atomic E-state index is 11.2. The van der Waals surface area contributed by atoms with Crippen LogP contribution in [0.1, 0.15) is 12.5 Å². The minimum absolute atomic E-state index is 0.355. The molecule has 70 valence electrons. The van der Waals surface area contributed by atoms with Crippen molar-refractivity contribution >= 4 is 17.9 Å². The molecule has 3 nitrogen and oxygen atoms in total. The fraction of sp³-hybridized carbons (Fsp3) is 0.0909. The lowest BCUT2D eigenvalue weighted by Gasteiger charge is -1.92. The zero-order chi connectivity index (χ0) is 9.97. The van der Waals surface area contributed by atoms with Crippen molar-refractivity contribution in [3.05, 3.63) is 41.6 Å². The number of cyclic esters (lactones) is 1. The van der Waals surface area contributed by atoms with E-state index in [2.05, 4.69) is 4.99 Å². The summed E-state index contributed by atoms with van der Waals surface area (Å²) in [5.74, 6) is 0.0172. The standard InChI is InChI=1S/C11H9NO2/c1-8-12-10(11(13)14-8)7-9-5-3-2-4-6-9/h2-7H,1H3/b10-7-. The Morgan fingerprint density at radius 2 is 2.00 bits per heavy atom. The molecule has 0 atom stereocenters. The van der Waals surface area contributed by atoms with Crippen LogP contribution >= 0.6 is 0 Å². The summed E-state index contributed by atoms with van der Waals surface area (Å²) in [6.45, 7) is 1.66. The van der Waals surface area contributed by atoms with Crippen LogP contribution in [-0.4, -0.2) is 11.9 Å². The molecule has 0 N–H and O–H groups in total. The van der Waals surface area contributed by atoms with E-state index in [1.807, 2.05) is 30.3 Å². The van der Waals surface area contributed by atoms with Crippen LogP contribution in [-0.2, 0) is 9.53 Å². The van der Waals surface area contributed by atoms with Crippen LogP contribution in [0.4, 0.5) is 0 Å². The summed E-state index contributed by atoms with van der Waals surface area (Å²) in [7, 11) is 0. The highest BCUT2D eigenvalue weighted by Gasteiger charge is 2.19. The summed E-state index contributed by atoms with van der Waals surface area (Å²) in [6, 6.07) is 9.54. The highest BCUT2D eigenvalue weighted by Crippen LogP contribution is 2.14. The highest BCUT2D eigenvalue weighted by molar-refractivity contribution is 6.06. The van der Waals surface area contributed by atoms with Crippen molar-refractivity contribution in [1.29, 1.82) is 0 Å². The minimum atomic E-state index is -0.383. The van der Waals surface area contributed by atoms with Crippen LogP contribution in [0.25, 0.3) is 6.08 Å². The third-order valence-electron chi connectivity index (χ3n) is 1.83. The molecule has 0 aromatic heterocycles. The Bertz CT molecular complexity index is 418. The van der Waals surface area contributed by atoms with Crippen LogP contribution in [0.5, 0.6) is 0 Å². The zero-order valence-electron chi connectivity index (χ0n) is 7.73. The number of aliphatic imine (C=N–C) groups is 1. The highest BCUT2D eigenvalue weighted by atomic mass is 16.6. The predicted octanol–water partition coefficient (Wildman–Crippen LogP) is 2.00. The van der Waals surface area contributed by atoms with Gasteiger partial charge in [0, 0.05) is 6.92 Å². The molecule has 0 unspecified atom stereocenters. The molecule has 1 aromatic rings. The van der Waals surface area contributed by atoms with E-state index in [-0.39, 0.29) is 5.97 Å². The van der Waals surface area contributed by atoms with Crippen LogP contribution < -0.4 is 0 Å². The van der Waals surface area contributed by atoms with E-state index in [1.165, 1.54) is 0 Å². The molecule has 0 saturated carbocycles. The first-order valence-electron chi connectivity index (χ1n) is 4.30. The van der Waals surface area contributed by atoms with Gasteiger partial charge < -0.3 is 4.74 Å². The first kappa shape index (κ1) is 8.69. The van der Waals surface area contributed by atoms with E-state index in [4.69, 9.17) is 4.74 Å². The van der Waals surface area contributed by atoms with Crippen molar-refractivity contribution in [2.24, 2.45) is 4.99 Å². The lowest BCUT2D eigenvalue weighted by atomic mass is 10.2. The molecular formula is C11H9NO2. The van der Waals surface area contributed by atoms with Crippen LogP contribution in [0.3, 0.4) is 0 Å². The molecule has 1 aliphatic rings. The Hall–Kier alpha value is -1.90. The summed E-state index contributed by atoms with van der Waals surface area (Å²) < 4.78 is 4.79. The lowest BCUT2D eigenvalue weighted by Crippen LogP contribution is -1.99. The third-order valence-corrected chi connectivity index (χ3v) is 1.83. The van der Waals surface area contributed by atoms with Gasteiger partial charge in [-0.1, -0.05) is 30.3 Å². The number of hydrogen-bond donors (Lipinski definition) is 0. The van der Waals surface area contributed by atoms with Gasteiger partial charge in [0.25, 0.3) is 0 Å². The van der Waals surface area contributed by atoms with Crippen molar-refractivity contribution in [2.75, 3.05) is 0 Å². The number of carbonyl (C=O) groups is 1. The second-order valence-electron chi connectivity index (χ2n) is 2.96. The Labute approximate surface area is 81.7 Å². The Kier molecular flexibility index (Phi) is 2.14. The van der Waals surface area contributed by atoms with Gasteiger partial charge in [-0.15, -0.1) is 0 Å². The summed E-state index contributed by atoms with van der Waals surface area (Å²) in [6.07, 6.45) is 1.71. The van der Waals surface area contributed by atoms with E-state index in [1.54, 1.807) is 13.0 Å². The molecule has 0 saturated heterocycles. The van der Waals surface area contributed by atoms with Gasteiger partial charge in [-0.05, 0) is 11.6 Å². The van der Waals surface area contributed by atoms with Crippen molar-refractivity contribution in [2.45, 2.75) is 6.92 Å². The molecular weight excluding hydrogens is 178 g/mol. The average molecular weight is 187 g/mol. The van der Waals surface area contributed by atoms with Crippen LogP contribution in [0.15, 0.2) is 41.0 Å². The number of rotatable bonds is 1. The SMILES string of the molecule is CC1=N/C(=C\c2ccccc2)C(=O)O1. The molecule has 0 amide bonds. The number of carbonyl (C=O) groups excluding carboxylic acids is 1. The molecule has 0 spiro atoms. The van der Waals surface area contributed by atoms with E-state index in [9.17, 15) is 4.79 Å². The number of nitrogens with zero attached hydrogens (tertiary/aromatic N) is 1. The van der Waals surface area contributed by atoms with Crippen molar-refractivity contribution in [3.8, 4) is 0 Å². The maximum atomic E-state index is 11.2. The molecule has 0 radical (unpaired) electrons. The Morgan fingerprint density at radius 1 is 1.29 bits per heavy atom. The Balaban J connectivity index is 2.32. The quantitative estimate of drug-likeness (QED) is 0.498. The van der Waals surface area contributed by atoms with E-state index in [0.717, 1.165) is 5.56 Å². The second kappa shape index (κ2) is 3.46. The topological polar surface area (TPSA) is 38.7 Å². The van der Waals surface area contributed by atoms with Gasteiger partial charge in [-0.25, -0.2) is 9.79 Å². The van der Waals surface area contributed by atoms with E-state index >= 15 is 0 Å². The van der Waals surface area contributed by atoms with Crippen LogP contribution in [0, 0.1) is 0 Å². The number of benzene rings is 1. The molecule has 0 bridgehead atoms. The van der Waals surface area contributed by atoms with E-state index < -0.39 is 0 Å². The van der Waals surface area contributed by atoms with Gasteiger partial charge in [0.05, 0.1) is 0 Å². The van der Waals surface area contributed by atoms with Gasteiger partial charge in [0.15, 0.2) is 11.6 Å². The molecule has 2 rings (SSSR count). The number of ether oxygens (including phenoxy) is 1. The second-order valence-corrected chi connectivity index (χ2v) is 2.96. The van der Waals surface area contributed by atoms with Crippen LogP contribution in [0.2, 0.25) is 0 Å². The van der Waals surface area contributed by atoms with Crippen molar-refractivity contribution in [3.63, 3.8) is 0 Å². The number of hydrogen-bond acceptors (Lipinski definition) is 3. The number of esters is 1. The van der Waals surface area contributed by atoms with Gasteiger partial charge in [-0.3, -0.25) is 0 Å². The molecule has 1 aliphatic heterocycles. The largest absolute Gasteiger partial charge is 0.407 e. The van der Waals surface area contributed by atoms with E-state index in [0.29, 0.717) is 11.6 Å². The van der Waals surface area contributed by atoms with Gasteiger partial charge in [0.1, 0.15) is 0 Å². The fourth-order valence-electron chi connectivity index (χ4n) is 1.22. The monoisotopic (exact) mass is 187 g/mol. The van der Waals surface area contributed by atoms with Crippen molar-refractivity contribution in [1.82, 2.24) is 0 Å². The van der Waals surface area contributed by atoms with Gasteiger partial charge >= 0.3 is 5.97 Å². The summed E-state index contributed by atoms with van der Waals surface area (Å²) in [4.78, 5) is 15.2. The normalized spacial score (nSPS) is 18.2. The fourth-order valence-corrected chi connectivity index (χ4v) is 1.22.